The Labute approximate surface area is 121 Å². The van der Waals surface area contributed by atoms with E-state index in [4.69, 9.17) is 4.42 Å². The molecule has 1 aromatic heterocycles. The predicted molar refractivity (Wildman–Crippen MR) is 74.8 cm³/mol. The van der Waals surface area contributed by atoms with Crippen molar-refractivity contribution in [3.8, 4) is 11.3 Å². The van der Waals surface area contributed by atoms with E-state index < -0.39 is 0 Å². The summed E-state index contributed by atoms with van der Waals surface area (Å²) in [7, 11) is 0. The van der Waals surface area contributed by atoms with Crippen LogP contribution in [0.4, 0.5) is 4.39 Å². The van der Waals surface area contributed by atoms with Gasteiger partial charge in [0.1, 0.15) is 5.82 Å². The fourth-order valence-corrected chi connectivity index (χ4v) is 2.39. The van der Waals surface area contributed by atoms with Crippen molar-refractivity contribution < 1.29 is 13.6 Å². The van der Waals surface area contributed by atoms with E-state index in [1.807, 2.05) is 11.8 Å². The zero-order chi connectivity index (χ0) is 14.8. The maximum Gasteiger partial charge on any atom is 0.237 e. The van der Waals surface area contributed by atoms with Gasteiger partial charge in [0.25, 0.3) is 0 Å². The van der Waals surface area contributed by atoms with Gasteiger partial charge in [-0.25, -0.2) is 9.37 Å². The molecule has 0 spiro atoms. The second kappa shape index (κ2) is 5.65. The van der Waals surface area contributed by atoms with Crippen molar-refractivity contribution >= 4 is 5.91 Å². The topological polar surface area (TPSA) is 58.4 Å². The first-order chi connectivity index (χ1) is 10.1. The molecular formula is C15H16FN3O2. The van der Waals surface area contributed by atoms with Gasteiger partial charge >= 0.3 is 0 Å². The van der Waals surface area contributed by atoms with E-state index in [9.17, 15) is 9.18 Å². The first-order valence-electron chi connectivity index (χ1n) is 6.86. The van der Waals surface area contributed by atoms with Crippen LogP contribution in [0.2, 0.25) is 0 Å². The Morgan fingerprint density at radius 3 is 3.10 bits per heavy atom. The lowest BCUT2D eigenvalue weighted by atomic mass is 10.2. The van der Waals surface area contributed by atoms with Gasteiger partial charge in [-0.3, -0.25) is 9.69 Å². The van der Waals surface area contributed by atoms with Crippen LogP contribution in [0.5, 0.6) is 0 Å². The van der Waals surface area contributed by atoms with Crippen molar-refractivity contribution in [2.45, 2.75) is 19.5 Å². The number of rotatable bonds is 3. The molecule has 21 heavy (non-hydrogen) atoms. The number of benzene rings is 1. The summed E-state index contributed by atoms with van der Waals surface area (Å²) in [5.74, 6) is 0.542. The Kier molecular flexibility index (Phi) is 3.70. The molecule has 5 nitrogen and oxygen atoms in total. The second-order valence-electron chi connectivity index (χ2n) is 5.04. The van der Waals surface area contributed by atoms with Crippen LogP contribution in [-0.2, 0) is 11.3 Å². The van der Waals surface area contributed by atoms with E-state index in [0.29, 0.717) is 30.3 Å². The van der Waals surface area contributed by atoms with Crippen LogP contribution in [0, 0.1) is 5.82 Å². The molecule has 0 aliphatic carbocycles. The maximum atomic E-state index is 13.7. The number of carbonyl (C=O) groups excluding carboxylic acids is 1. The normalized spacial score (nSPS) is 19.5. The first kappa shape index (κ1) is 13.8. The summed E-state index contributed by atoms with van der Waals surface area (Å²) in [6.45, 7) is 3.63. The van der Waals surface area contributed by atoms with Gasteiger partial charge < -0.3 is 9.73 Å². The van der Waals surface area contributed by atoms with Crippen molar-refractivity contribution in [2.75, 3.05) is 13.1 Å². The summed E-state index contributed by atoms with van der Waals surface area (Å²) in [4.78, 5) is 17.8. The monoisotopic (exact) mass is 289 g/mol. The summed E-state index contributed by atoms with van der Waals surface area (Å²) < 4.78 is 19.3. The Bertz CT molecular complexity index is 656. The highest BCUT2D eigenvalue weighted by Gasteiger charge is 2.26. The highest BCUT2D eigenvalue weighted by Crippen LogP contribution is 2.24. The Morgan fingerprint density at radius 2 is 2.29 bits per heavy atom. The molecule has 1 amide bonds. The van der Waals surface area contributed by atoms with Gasteiger partial charge in [-0.15, -0.1) is 0 Å². The minimum Gasteiger partial charge on any atom is -0.439 e. The standard InChI is InChI=1S/C15H16FN3O2/c1-10-15(20)17-6-7-19(10)9-14-18-8-13(21-14)11-4-2-3-5-12(11)16/h2-5,8,10H,6-7,9H2,1H3,(H,17,20). The van der Waals surface area contributed by atoms with E-state index in [0.717, 1.165) is 6.54 Å². The van der Waals surface area contributed by atoms with Crippen LogP contribution in [0.25, 0.3) is 11.3 Å². The lowest BCUT2D eigenvalue weighted by Gasteiger charge is -2.31. The number of carbonyl (C=O) groups is 1. The van der Waals surface area contributed by atoms with Gasteiger partial charge in [0.2, 0.25) is 11.8 Å². The van der Waals surface area contributed by atoms with Crippen molar-refractivity contribution in [1.82, 2.24) is 15.2 Å². The van der Waals surface area contributed by atoms with Crippen molar-refractivity contribution in [2.24, 2.45) is 0 Å². The van der Waals surface area contributed by atoms with Gasteiger partial charge in [-0.05, 0) is 19.1 Å². The highest BCUT2D eigenvalue weighted by molar-refractivity contribution is 5.81. The molecule has 0 radical (unpaired) electrons. The number of hydrogen-bond donors (Lipinski definition) is 1. The van der Waals surface area contributed by atoms with Gasteiger partial charge in [0.05, 0.1) is 24.3 Å². The minimum absolute atomic E-state index is 0.00198. The summed E-state index contributed by atoms with van der Waals surface area (Å²) in [6, 6.07) is 6.19. The third-order valence-electron chi connectivity index (χ3n) is 3.66. The number of amides is 1. The van der Waals surface area contributed by atoms with Crippen molar-refractivity contribution in [1.29, 1.82) is 0 Å². The smallest absolute Gasteiger partial charge is 0.237 e. The molecule has 1 fully saturated rings. The molecular weight excluding hydrogens is 273 g/mol. The molecule has 110 valence electrons. The van der Waals surface area contributed by atoms with Crippen LogP contribution >= 0.6 is 0 Å². The van der Waals surface area contributed by atoms with E-state index in [2.05, 4.69) is 10.3 Å². The average molecular weight is 289 g/mol. The van der Waals surface area contributed by atoms with E-state index in [1.54, 1.807) is 18.2 Å². The number of nitrogens with zero attached hydrogens (tertiary/aromatic N) is 2. The molecule has 2 aromatic rings. The molecule has 2 heterocycles. The number of halogens is 1. The van der Waals surface area contributed by atoms with Crippen LogP contribution < -0.4 is 5.32 Å². The zero-order valence-electron chi connectivity index (χ0n) is 11.7. The van der Waals surface area contributed by atoms with E-state index >= 15 is 0 Å². The Hall–Kier alpha value is -2.21. The van der Waals surface area contributed by atoms with Gasteiger partial charge in [-0.2, -0.15) is 0 Å². The molecule has 1 aliphatic heterocycles. The maximum absolute atomic E-state index is 13.7. The second-order valence-corrected chi connectivity index (χ2v) is 5.04. The Morgan fingerprint density at radius 1 is 1.48 bits per heavy atom. The summed E-state index contributed by atoms with van der Waals surface area (Å²) in [5.41, 5.74) is 0.390. The zero-order valence-corrected chi connectivity index (χ0v) is 11.7. The average Bonchev–Trinajstić information content (AvgIpc) is 2.93. The van der Waals surface area contributed by atoms with Crippen LogP contribution in [0.15, 0.2) is 34.9 Å². The van der Waals surface area contributed by atoms with Crippen LogP contribution in [0.3, 0.4) is 0 Å². The number of piperazine rings is 1. The molecule has 1 unspecified atom stereocenters. The lowest BCUT2D eigenvalue weighted by molar-refractivity contribution is -0.128. The summed E-state index contributed by atoms with van der Waals surface area (Å²) in [5, 5.41) is 2.80. The highest BCUT2D eigenvalue weighted by atomic mass is 19.1. The molecule has 1 aromatic carbocycles. The molecule has 6 heteroatoms. The summed E-state index contributed by atoms with van der Waals surface area (Å²) in [6.07, 6.45) is 1.52. The van der Waals surface area contributed by atoms with Gasteiger partial charge in [-0.1, -0.05) is 12.1 Å². The van der Waals surface area contributed by atoms with Crippen molar-refractivity contribution in [3.05, 3.63) is 42.2 Å². The minimum atomic E-state index is -0.342. The molecule has 1 aliphatic rings. The van der Waals surface area contributed by atoms with E-state index in [-0.39, 0.29) is 17.8 Å². The first-order valence-corrected chi connectivity index (χ1v) is 6.86. The summed E-state index contributed by atoms with van der Waals surface area (Å²) >= 11 is 0. The van der Waals surface area contributed by atoms with Gasteiger partial charge in [0, 0.05) is 13.1 Å². The fraction of sp³-hybridized carbons (Fsp3) is 0.333. The lowest BCUT2D eigenvalue weighted by Crippen LogP contribution is -2.53. The quantitative estimate of drug-likeness (QED) is 0.936. The molecule has 1 N–H and O–H groups in total. The largest absolute Gasteiger partial charge is 0.439 e. The fourth-order valence-electron chi connectivity index (χ4n) is 2.39. The number of oxazole rings is 1. The number of hydrogen-bond acceptors (Lipinski definition) is 4. The predicted octanol–water partition coefficient (Wildman–Crippen LogP) is 1.80. The number of nitrogens with one attached hydrogen (secondary N) is 1. The molecule has 1 atom stereocenters. The third-order valence-corrected chi connectivity index (χ3v) is 3.66. The van der Waals surface area contributed by atoms with Crippen LogP contribution in [-0.4, -0.2) is 34.9 Å². The third kappa shape index (κ3) is 2.80. The van der Waals surface area contributed by atoms with Crippen LogP contribution in [0.1, 0.15) is 12.8 Å². The molecule has 0 saturated carbocycles. The molecule has 0 bridgehead atoms. The van der Waals surface area contributed by atoms with E-state index in [1.165, 1.54) is 12.3 Å². The van der Waals surface area contributed by atoms with Crippen molar-refractivity contribution in [3.63, 3.8) is 0 Å². The SMILES string of the molecule is CC1C(=O)NCCN1Cc1ncc(-c2ccccc2F)o1. The molecule has 1 saturated heterocycles. The Balaban J connectivity index is 1.77. The van der Waals surface area contributed by atoms with Gasteiger partial charge in [0.15, 0.2) is 5.76 Å². The molecule has 3 rings (SSSR count). The number of aromatic nitrogens is 1.